The lowest BCUT2D eigenvalue weighted by atomic mass is 9.75. The summed E-state index contributed by atoms with van der Waals surface area (Å²) in [5, 5.41) is 0. The molecule has 186 valence electrons. The van der Waals surface area contributed by atoms with Crippen molar-refractivity contribution in [2.24, 2.45) is 11.7 Å². The van der Waals surface area contributed by atoms with Crippen LogP contribution in [0.25, 0.3) is 22.3 Å². The fourth-order valence-electron chi connectivity index (χ4n) is 4.97. The maximum absolute atomic E-state index is 14.9. The van der Waals surface area contributed by atoms with E-state index in [1.807, 2.05) is 12.1 Å². The highest BCUT2D eigenvalue weighted by Crippen LogP contribution is 2.38. The molecule has 0 aliphatic heterocycles. The van der Waals surface area contributed by atoms with Gasteiger partial charge in [0.15, 0.2) is 11.6 Å². The number of rotatable bonds is 6. The van der Waals surface area contributed by atoms with Crippen LogP contribution in [0.3, 0.4) is 0 Å². The van der Waals surface area contributed by atoms with Crippen molar-refractivity contribution in [3.63, 3.8) is 0 Å². The van der Waals surface area contributed by atoms with Gasteiger partial charge in [-0.3, -0.25) is 0 Å². The summed E-state index contributed by atoms with van der Waals surface area (Å²) in [7, 11) is 0. The molecule has 1 aliphatic carbocycles. The molecule has 0 unspecified atom stereocenters. The van der Waals surface area contributed by atoms with E-state index in [1.165, 1.54) is 23.8 Å². The zero-order chi connectivity index (χ0) is 25.2. The first-order chi connectivity index (χ1) is 16.6. The maximum Gasteiger partial charge on any atom is 0.573 e. The fourth-order valence-corrected chi connectivity index (χ4v) is 4.97. The van der Waals surface area contributed by atoms with Gasteiger partial charge >= 0.3 is 6.36 Å². The topological polar surface area (TPSA) is 35.2 Å². The zero-order valence-electron chi connectivity index (χ0n) is 19.4. The van der Waals surface area contributed by atoms with Gasteiger partial charge in [-0.1, -0.05) is 49.4 Å². The van der Waals surface area contributed by atoms with Crippen molar-refractivity contribution in [3.05, 3.63) is 77.9 Å². The smallest absolute Gasteiger partial charge is 0.403 e. The highest BCUT2D eigenvalue weighted by atomic mass is 19.4. The lowest BCUT2D eigenvalue weighted by Crippen LogP contribution is -2.32. The zero-order valence-corrected chi connectivity index (χ0v) is 19.4. The number of hydrogen-bond acceptors (Lipinski definition) is 2. The molecule has 35 heavy (non-hydrogen) atoms. The molecular formula is C28H28F5NO. The van der Waals surface area contributed by atoms with Gasteiger partial charge in [0.1, 0.15) is 5.82 Å². The van der Waals surface area contributed by atoms with Crippen LogP contribution in [0.2, 0.25) is 0 Å². The van der Waals surface area contributed by atoms with Gasteiger partial charge < -0.3 is 10.5 Å². The lowest BCUT2D eigenvalue weighted by Gasteiger charge is -2.32. The van der Waals surface area contributed by atoms with Gasteiger partial charge in [-0.05, 0) is 84.4 Å². The molecule has 3 aromatic rings. The van der Waals surface area contributed by atoms with Crippen molar-refractivity contribution < 1.29 is 26.7 Å². The van der Waals surface area contributed by atoms with Gasteiger partial charge in [-0.15, -0.1) is 13.2 Å². The van der Waals surface area contributed by atoms with Gasteiger partial charge in [0.25, 0.3) is 0 Å². The number of nitrogens with two attached hydrogens (primary N) is 1. The third-order valence-electron chi connectivity index (χ3n) is 7.00. The predicted molar refractivity (Wildman–Crippen MR) is 127 cm³/mol. The van der Waals surface area contributed by atoms with Gasteiger partial charge in [-0.25, -0.2) is 8.78 Å². The van der Waals surface area contributed by atoms with Crippen LogP contribution in [-0.4, -0.2) is 12.4 Å². The molecule has 1 fully saturated rings. The van der Waals surface area contributed by atoms with Crippen LogP contribution in [0.4, 0.5) is 22.0 Å². The molecule has 0 bridgehead atoms. The number of benzene rings is 3. The minimum absolute atomic E-state index is 0.0878. The molecule has 4 rings (SSSR count). The predicted octanol–water partition coefficient (Wildman–Crippen LogP) is 8.21. The molecule has 1 saturated carbocycles. The number of alkyl halides is 3. The first kappa shape index (κ1) is 25.2. The molecule has 0 spiro atoms. The average Bonchev–Trinajstić information content (AvgIpc) is 2.84. The Morgan fingerprint density at radius 1 is 0.829 bits per heavy atom. The summed E-state index contributed by atoms with van der Waals surface area (Å²) in [5.41, 5.74) is 9.20. The summed E-state index contributed by atoms with van der Waals surface area (Å²) in [6.45, 7) is 2.13. The molecule has 0 amide bonds. The Labute approximate surface area is 201 Å². The highest BCUT2D eigenvalue weighted by Gasteiger charge is 2.32. The summed E-state index contributed by atoms with van der Waals surface area (Å²) in [6, 6.07) is 15.8. The minimum Gasteiger partial charge on any atom is -0.403 e. The second-order valence-corrected chi connectivity index (χ2v) is 9.19. The van der Waals surface area contributed by atoms with E-state index in [1.54, 1.807) is 6.07 Å². The van der Waals surface area contributed by atoms with Crippen molar-refractivity contribution in [2.75, 3.05) is 0 Å². The van der Waals surface area contributed by atoms with Crippen LogP contribution in [0.1, 0.15) is 50.5 Å². The fraction of sp³-hybridized carbons (Fsp3) is 0.357. The Bertz CT molecular complexity index is 1150. The van der Waals surface area contributed by atoms with Crippen LogP contribution in [0.5, 0.6) is 5.75 Å². The summed E-state index contributed by atoms with van der Waals surface area (Å²) < 4.78 is 69.6. The van der Waals surface area contributed by atoms with E-state index in [9.17, 15) is 22.0 Å². The average molecular weight is 490 g/mol. The minimum atomic E-state index is -5.01. The Balaban J connectivity index is 1.47. The molecule has 3 aromatic carbocycles. The first-order valence-corrected chi connectivity index (χ1v) is 11.9. The van der Waals surface area contributed by atoms with Crippen molar-refractivity contribution >= 4 is 0 Å². The second kappa shape index (κ2) is 10.4. The third-order valence-corrected chi connectivity index (χ3v) is 7.00. The maximum atomic E-state index is 14.9. The van der Waals surface area contributed by atoms with Gasteiger partial charge in [-0.2, -0.15) is 0 Å². The van der Waals surface area contributed by atoms with E-state index in [0.717, 1.165) is 49.8 Å². The van der Waals surface area contributed by atoms with Crippen molar-refractivity contribution in [2.45, 2.75) is 57.3 Å². The molecular weight excluding hydrogens is 461 g/mol. The SMILES string of the molecule is CC[C@H](N)C1CCC(c2ccc(-c3ccc(-c4ccc(OC(F)(F)F)c(F)c4)c(F)c3)cc2)CC1. The summed E-state index contributed by atoms with van der Waals surface area (Å²) in [5.74, 6) is -1.67. The number of hydrogen-bond donors (Lipinski definition) is 1. The first-order valence-electron chi connectivity index (χ1n) is 11.9. The van der Waals surface area contributed by atoms with Crippen LogP contribution < -0.4 is 10.5 Å². The summed E-state index contributed by atoms with van der Waals surface area (Å²) >= 11 is 0. The van der Waals surface area contributed by atoms with Crippen LogP contribution >= 0.6 is 0 Å². The second-order valence-electron chi connectivity index (χ2n) is 9.19. The van der Waals surface area contributed by atoms with E-state index in [2.05, 4.69) is 23.8 Å². The van der Waals surface area contributed by atoms with Crippen LogP contribution in [0, 0.1) is 17.6 Å². The van der Waals surface area contributed by atoms with E-state index in [-0.39, 0.29) is 17.2 Å². The van der Waals surface area contributed by atoms with Crippen molar-refractivity contribution in [3.8, 4) is 28.0 Å². The summed E-state index contributed by atoms with van der Waals surface area (Å²) in [6.07, 6.45) is 0.504. The molecule has 1 aliphatic rings. The molecule has 0 aromatic heterocycles. The Morgan fingerprint density at radius 2 is 1.43 bits per heavy atom. The summed E-state index contributed by atoms with van der Waals surface area (Å²) in [4.78, 5) is 0. The van der Waals surface area contributed by atoms with Gasteiger partial charge in [0.2, 0.25) is 0 Å². The van der Waals surface area contributed by atoms with Crippen LogP contribution in [0.15, 0.2) is 60.7 Å². The molecule has 0 saturated heterocycles. The normalized spacial score (nSPS) is 19.4. The lowest BCUT2D eigenvalue weighted by molar-refractivity contribution is -0.275. The van der Waals surface area contributed by atoms with E-state index >= 15 is 0 Å². The largest absolute Gasteiger partial charge is 0.573 e. The Morgan fingerprint density at radius 3 is 2.00 bits per heavy atom. The number of ether oxygens (including phenoxy) is 1. The van der Waals surface area contributed by atoms with Crippen molar-refractivity contribution in [1.29, 1.82) is 0 Å². The molecule has 2 nitrogen and oxygen atoms in total. The molecule has 1 atom stereocenters. The van der Waals surface area contributed by atoms with Crippen LogP contribution in [-0.2, 0) is 0 Å². The van der Waals surface area contributed by atoms with Crippen molar-refractivity contribution in [1.82, 2.24) is 0 Å². The van der Waals surface area contributed by atoms with E-state index < -0.39 is 23.7 Å². The molecule has 0 heterocycles. The Hall–Kier alpha value is -2.93. The Kier molecular flexibility index (Phi) is 7.45. The van der Waals surface area contributed by atoms with E-state index in [4.69, 9.17) is 5.73 Å². The molecule has 0 radical (unpaired) electrons. The quantitative estimate of drug-likeness (QED) is 0.354. The van der Waals surface area contributed by atoms with E-state index in [0.29, 0.717) is 17.4 Å². The molecule has 2 N–H and O–H groups in total. The standard InChI is InChI=1S/C28H28F5NO/c1-2-26(34)20-9-7-18(8-10-20)17-3-5-19(6-4-17)21-11-13-23(24(29)15-21)22-12-14-27(25(30)16-22)35-28(31,32)33/h3-6,11-16,18,20,26H,2,7-10,34H2,1H3/t18?,20?,26-/m0/s1. The third kappa shape index (κ3) is 6.01. The number of halogens is 5. The molecule has 7 heteroatoms. The van der Waals surface area contributed by atoms with Gasteiger partial charge in [0.05, 0.1) is 0 Å². The van der Waals surface area contributed by atoms with Gasteiger partial charge in [0, 0.05) is 11.6 Å². The highest BCUT2D eigenvalue weighted by molar-refractivity contribution is 5.71. The monoisotopic (exact) mass is 489 g/mol.